The molecule has 1 heteroatoms. The van der Waals surface area contributed by atoms with Crippen molar-refractivity contribution in [1.29, 1.82) is 0 Å². The number of hydrogen-bond acceptors (Lipinski definition) is 0. The zero-order valence-corrected chi connectivity index (χ0v) is 11.0. The molecule has 0 spiro atoms. The van der Waals surface area contributed by atoms with Crippen molar-refractivity contribution in [3.63, 3.8) is 0 Å². The second kappa shape index (κ2) is 7.28. The second-order valence-electron chi connectivity index (χ2n) is 5.73. The molecule has 0 aliphatic heterocycles. The molecule has 1 unspecified atom stereocenters. The Morgan fingerprint density at radius 1 is 0.929 bits per heavy atom. The van der Waals surface area contributed by atoms with Crippen LogP contribution in [0.15, 0.2) is 0 Å². The zero-order valence-electron chi connectivity index (χ0n) is 11.0. The first-order valence-electron chi connectivity index (χ1n) is 6.26. The van der Waals surface area contributed by atoms with E-state index in [1.165, 1.54) is 45.1 Å². The summed E-state index contributed by atoms with van der Waals surface area (Å²) in [5, 5.41) is 0. The van der Waals surface area contributed by atoms with Crippen LogP contribution >= 0.6 is 0 Å². The lowest BCUT2D eigenvalue weighted by Crippen LogP contribution is -2.35. The van der Waals surface area contributed by atoms with Gasteiger partial charge in [-0.05, 0) is 18.8 Å². The minimum Gasteiger partial charge on any atom is -0.331 e. The van der Waals surface area contributed by atoms with E-state index >= 15 is 0 Å². The maximum absolute atomic E-state index is 2.37. The lowest BCUT2D eigenvalue weighted by atomic mass is 10.0. The average molecular weight is 200 g/mol. The Morgan fingerprint density at radius 2 is 1.50 bits per heavy atom. The Kier molecular flexibility index (Phi) is 7.26. The summed E-state index contributed by atoms with van der Waals surface area (Å²) < 4.78 is 1.12. The van der Waals surface area contributed by atoms with Gasteiger partial charge >= 0.3 is 0 Å². The first-order chi connectivity index (χ1) is 6.45. The molecular weight excluding hydrogens is 170 g/mol. The lowest BCUT2D eigenvalue weighted by molar-refractivity contribution is -0.870. The number of unbranched alkanes of at least 4 members (excludes halogenated alkanes) is 3. The maximum Gasteiger partial charge on any atom is 0.0780 e. The van der Waals surface area contributed by atoms with Gasteiger partial charge in [0.25, 0.3) is 0 Å². The molecule has 0 radical (unpaired) electrons. The van der Waals surface area contributed by atoms with Crippen molar-refractivity contribution in [3.8, 4) is 0 Å². The molecule has 0 aromatic heterocycles. The normalized spacial score (nSPS) is 14.4. The monoisotopic (exact) mass is 200 g/mol. The fourth-order valence-electron chi connectivity index (χ4n) is 1.64. The van der Waals surface area contributed by atoms with E-state index < -0.39 is 0 Å². The summed E-state index contributed by atoms with van der Waals surface area (Å²) in [6.45, 7) is 5.98. The molecule has 0 rings (SSSR count). The Morgan fingerprint density at radius 3 is 2.00 bits per heavy atom. The predicted octanol–water partition coefficient (Wildman–Crippen LogP) is 3.69. The smallest absolute Gasteiger partial charge is 0.0780 e. The SMILES string of the molecule is CCC(C)CCCCCC[N+](C)(C)C. The first kappa shape index (κ1) is 14.0. The van der Waals surface area contributed by atoms with Crippen molar-refractivity contribution in [2.45, 2.75) is 52.4 Å². The summed E-state index contributed by atoms with van der Waals surface area (Å²) in [5.41, 5.74) is 0. The van der Waals surface area contributed by atoms with Gasteiger partial charge in [0, 0.05) is 0 Å². The summed E-state index contributed by atoms with van der Waals surface area (Å²) >= 11 is 0. The number of rotatable bonds is 8. The summed E-state index contributed by atoms with van der Waals surface area (Å²) in [6.07, 6.45) is 8.46. The minimum atomic E-state index is 0.938. The molecule has 0 heterocycles. The largest absolute Gasteiger partial charge is 0.331 e. The van der Waals surface area contributed by atoms with Gasteiger partial charge in [-0.15, -0.1) is 0 Å². The molecular formula is C13H30N+. The van der Waals surface area contributed by atoms with Crippen LogP contribution in [0.1, 0.15) is 52.4 Å². The van der Waals surface area contributed by atoms with Gasteiger partial charge in [0.1, 0.15) is 0 Å². The molecule has 0 aliphatic rings. The van der Waals surface area contributed by atoms with E-state index in [4.69, 9.17) is 0 Å². The molecule has 1 nitrogen and oxygen atoms in total. The third kappa shape index (κ3) is 10.0. The van der Waals surface area contributed by atoms with Crippen LogP contribution in [0, 0.1) is 5.92 Å². The number of quaternary nitrogens is 1. The van der Waals surface area contributed by atoms with E-state index in [9.17, 15) is 0 Å². The van der Waals surface area contributed by atoms with E-state index in [0.29, 0.717) is 0 Å². The van der Waals surface area contributed by atoms with Crippen LogP contribution in [-0.4, -0.2) is 32.2 Å². The fourth-order valence-corrected chi connectivity index (χ4v) is 1.64. The molecule has 0 bridgehead atoms. The zero-order chi connectivity index (χ0) is 11.0. The van der Waals surface area contributed by atoms with E-state index in [0.717, 1.165) is 10.4 Å². The number of hydrogen-bond donors (Lipinski definition) is 0. The van der Waals surface area contributed by atoms with Gasteiger partial charge in [0.15, 0.2) is 0 Å². The van der Waals surface area contributed by atoms with Crippen molar-refractivity contribution in [1.82, 2.24) is 0 Å². The Balaban J connectivity index is 3.14. The lowest BCUT2D eigenvalue weighted by Gasteiger charge is -2.23. The molecule has 0 aromatic carbocycles. The highest BCUT2D eigenvalue weighted by Crippen LogP contribution is 2.13. The third-order valence-electron chi connectivity index (χ3n) is 2.97. The molecule has 0 N–H and O–H groups in total. The molecule has 14 heavy (non-hydrogen) atoms. The van der Waals surface area contributed by atoms with Crippen molar-refractivity contribution in [2.75, 3.05) is 27.7 Å². The summed E-state index contributed by atoms with van der Waals surface area (Å²) in [6, 6.07) is 0. The molecule has 0 aliphatic carbocycles. The van der Waals surface area contributed by atoms with E-state index in [-0.39, 0.29) is 0 Å². The molecule has 1 atom stereocenters. The fraction of sp³-hybridized carbons (Fsp3) is 1.00. The molecule has 0 amide bonds. The van der Waals surface area contributed by atoms with Gasteiger partial charge in [-0.25, -0.2) is 0 Å². The van der Waals surface area contributed by atoms with Crippen molar-refractivity contribution >= 4 is 0 Å². The average Bonchev–Trinajstić information content (AvgIpc) is 2.08. The Labute approximate surface area is 91.1 Å². The van der Waals surface area contributed by atoms with Gasteiger partial charge in [0.2, 0.25) is 0 Å². The molecule has 0 saturated heterocycles. The third-order valence-corrected chi connectivity index (χ3v) is 2.97. The van der Waals surface area contributed by atoms with Gasteiger partial charge in [-0.3, -0.25) is 0 Å². The van der Waals surface area contributed by atoms with Crippen LogP contribution in [0.5, 0.6) is 0 Å². The second-order valence-corrected chi connectivity index (χ2v) is 5.73. The Hall–Kier alpha value is -0.0400. The number of nitrogens with zero attached hydrogens (tertiary/aromatic N) is 1. The maximum atomic E-state index is 2.37. The van der Waals surface area contributed by atoms with Crippen LogP contribution in [0.4, 0.5) is 0 Å². The van der Waals surface area contributed by atoms with Crippen molar-refractivity contribution < 1.29 is 4.48 Å². The van der Waals surface area contributed by atoms with E-state index in [2.05, 4.69) is 35.0 Å². The molecule has 0 fully saturated rings. The summed E-state index contributed by atoms with van der Waals surface area (Å²) in [7, 11) is 6.83. The highest BCUT2D eigenvalue weighted by atomic mass is 15.3. The van der Waals surface area contributed by atoms with Gasteiger partial charge < -0.3 is 4.48 Å². The topological polar surface area (TPSA) is 0 Å². The van der Waals surface area contributed by atoms with Crippen LogP contribution in [0.25, 0.3) is 0 Å². The highest BCUT2D eigenvalue weighted by Gasteiger charge is 2.05. The summed E-state index contributed by atoms with van der Waals surface area (Å²) in [4.78, 5) is 0. The van der Waals surface area contributed by atoms with E-state index in [1.807, 2.05) is 0 Å². The quantitative estimate of drug-likeness (QED) is 0.414. The molecule has 0 aromatic rings. The van der Waals surface area contributed by atoms with Crippen LogP contribution in [0.3, 0.4) is 0 Å². The minimum absolute atomic E-state index is 0.938. The molecule has 0 saturated carbocycles. The van der Waals surface area contributed by atoms with Crippen molar-refractivity contribution in [2.24, 2.45) is 5.92 Å². The predicted molar refractivity (Wildman–Crippen MR) is 65.4 cm³/mol. The van der Waals surface area contributed by atoms with Crippen LogP contribution < -0.4 is 0 Å². The molecule has 86 valence electrons. The van der Waals surface area contributed by atoms with E-state index in [1.54, 1.807) is 0 Å². The van der Waals surface area contributed by atoms with Crippen LogP contribution in [0.2, 0.25) is 0 Å². The van der Waals surface area contributed by atoms with Gasteiger partial charge in [-0.2, -0.15) is 0 Å². The van der Waals surface area contributed by atoms with Gasteiger partial charge in [0.05, 0.1) is 27.7 Å². The van der Waals surface area contributed by atoms with Gasteiger partial charge in [-0.1, -0.05) is 39.5 Å². The Bertz CT molecular complexity index is 124. The highest BCUT2D eigenvalue weighted by molar-refractivity contribution is 4.51. The first-order valence-corrected chi connectivity index (χ1v) is 6.26. The van der Waals surface area contributed by atoms with Crippen LogP contribution in [-0.2, 0) is 0 Å². The summed E-state index contributed by atoms with van der Waals surface area (Å²) in [5.74, 6) is 0.938. The standard InChI is InChI=1S/C13H30N/c1-6-13(2)11-9-7-8-10-12-14(3,4)5/h13H,6-12H2,1-5H3/q+1. The van der Waals surface area contributed by atoms with Crippen molar-refractivity contribution in [3.05, 3.63) is 0 Å².